The zero-order valence-electron chi connectivity index (χ0n) is 18.2. The van der Waals surface area contributed by atoms with Gasteiger partial charge in [-0.3, -0.25) is 4.98 Å². The molecule has 3 heterocycles. The molecular weight excluding hydrogens is 434 g/mol. The van der Waals surface area contributed by atoms with Crippen molar-refractivity contribution >= 4 is 28.3 Å². The lowest BCUT2D eigenvalue weighted by Crippen LogP contribution is -2.31. The minimum atomic E-state index is -1.54. The Hall–Kier alpha value is -3.74. The quantitative estimate of drug-likeness (QED) is 0.389. The number of imidazole rings is 1. The fraction of sp³-hybridized carbons (Fsp3) is 0.115. The Morgan fingerprint density at radius 2 is 1.70 bits per heavy atom. The molecular formula is C26H22ClN5O. The van der Waals surface area contributed by atoms with Gasteiger partial charge in [-0.25, -0.2) is 9.97 Å². The van der Waals surface area contributed by atoms with Crippen LogP contribution in [0, 0.1) is 0 Å². The minimum absolute atomic E-state index is 0.404. The first-order valence-corrected chi connectivity index (χ1v) is 10.9. The molecule has 2 aromatic carbocycles. The molecule has 164 valence electrons. The molecule has 33 heavy (non-hydrogen) atoms. The lowest BCUT2D eigenvalue weighted by atomic mass is 9.85. The van der Waals surface area contributed by atoms with Crippen molar-refractivity contribution in [2.75, 3.05) is 19.0 Å². The third-order valence-corrected chi connectivity index (χ3v) is 6.17. The van der Waals surface area contributed by atoms with Gasteiger partial charge in [0.05, 0.1) is 10.5 Å². The van der Waals surface area contributed by atoms with Gasteiger partial charge in [0.2, 0.25) is 0 Å². The zero-order chi connectivity index (χ0) is 23.0. The summed E-state index contributed by atoms with van der Waals surface area (Å²) >= 11 is 6.87. The molecule has 2 N–H and O–H groups in total. The number of rotatable bonds is 5. The maximum absolute atomic E-state index is 12.2. The summed E-state index contributed by atoms with van der Waals surface area (Å²) in [6.45, 7) is 0. The number of halogens is 1. The highest BCUT2D eigenvalue weighted by molar-refractivity contribution is 6.38. The summed E-state index contributed by atoms with van der Waals surface area (Å²) in [6.07, 6.45) is 6.78. The van der Waals surface area contributed by atoms with Crippen molar-refractivity contribution in [1.29, 1.82) is 0 Å². The summed E-state index contributed by atoms with van der Waals surface area (Å²) in [5.41, 5.74) is 2.27. The number of aromatic amines is 1. The molecule has 0 fully saturated rings. The van der Waals surface area contributed by atoms with Gasteiger partial charge in [0.25, 0.3) is 0 Å². The van der Waals surface area contributed by atoms with E-state index in [0.29, 0.717) is 22.0 Å². The van der Waals surface area contributed by atoms with Crippen molar-refractivity contribution in [1.82, 2.24) is 19.9 Å². The Bertz CT molecular complexity index is 1420. The van der Waals surface area contributed by atoms with E-state index in [-0.39, 0.29) is 0 Å². The molecule has 1 atom stereocenters. The van der Waals surface area contributed by atoms with Crippen LogP contribution < -0.4 is 4.90 Å². The number of H-pyrrole nitrogens is 1. The van der Waals surface area contributed by atoms with Gasteiger partial charge in [0.15, 0.2) is 5.60 Å². The summed E-state index contributed by atoms with van der Waals surface area (Å²) in [4.78, 5) is 18.4. The number of aliphatic hydroxyl groups is 1. The van der Waals surface area contributed by atoms with Crippen LogP contribution >= 0.6 is 11.6 Å². The number of fused-ring (bicyclic) bond motifs is 1. The molecule has 0 saturated carbocycles. The highest BCUT2D eigenvalue weighted by Crippen LogP contribution is 2.39. The van der Waals surface area contributed by atoms with Crippen molar-refractivity contribution < 1.29 is 5.11 Å². The third kappa shape index (κ3) is 3.63. The molecule has 0 aliphatic heterocycles. The predicted molar refractivity (Wildman–Crippen MR) is 131 cm³/mol. The van der Waals surface area contributed by atoms with Crippen LogP contribution in [0.5, 0.6) is 0 Å². The molecule has 0 bridgehead atoms. The first-order valence-electron chi connectivity index (χ1n) is 10.5. The summed E-state index contributed by atoms with van der Waals surface area (Å²) in [5.74, 6) is 1.13. The van der Waals surface area contributed by atoms with Gasteiger partial charge in [-0.05, 0) is 35.4 Å². The molecule has 3 aromatic heterocycles. The second kappa shape index (κ2) is 8.31. The molecule has 6 nitrogen and oxygen atoms in total. The number of anilines is 1. The van der Waals surface area contributed by atoms with E-state index in [1.807, 2.05) is 73.6 Å². The topological polar surface area (TPSA) is 77.9 Å². The first kappa shape index (κ1) is 21.1. The zero-order valence-corrected chi connectivity index (χ0v) is 19.0. The van der Waals surface area contributed by atoms with Crippen LogP contribution in [0.2, 0.25) is 5.02 Å². The predicted octanol–water partition coefficient (Wildman–Crippen LogP) is 5.02. The number of hydrogen-bond acceptors (Lipinski definition) is 5. The van der Waals surface area contributed by atoms with E-state index in [0.717, 1.165) is 27.8 Å². The van der Waals surface area contributed by atoms with Crippen LogP contribution in [0.3, 0.4) is 0 Å². The van der Waals surface area contributed by atoms with E-state index in [1.165, 1.54) is 0 Å². The Kier molecular flexibility index (Phi) is 5.32. The van der Waals surface area contributed by atoms with Crippen molar-refractivity contribution in [3.05, 3.63) is 107 Å². The van der Waals surface area contributed by atoms with Crippen LogP contribution in [0.25, 0.3) is 22.0 Å². The molecule has 5 rings (SSSR count). The summed E-state index contributed by atoms with van der Waals surface area (Å²) in [7, 11) is 3.81. The Morgan fingerprint density at radius 3 is 2.42 bits per heavy atom. The minimum Gasteiger partial charge on any atom is -0.373 e. The number of nitrogens with zero attached hydrogens (tertiary/aromatic N) is 4. The maximum atomic E-state index is 12.2. The number of hydrogen-bond donors (Lipinski definition) is 2. The van der Waals surface area contributed by atoms with E-state index >= 15 is 0 Å². The van der Waals surface area contributed by atoms with E-state index in [4.69, 9.17) is 11.6 Å². The van der Waals surface area contributed by atoms with Crippen LogP contribution in [0.4, 0.5) is 5.82 Å². The highest BCUT2D eigenvalue weighted by Gasteiger charge is 2.37. The third-order valence-electron chi connectivity index (χ3n) is 5.77. The average molecular weight is 456 g/mol. The SMILES string of the molecule is CN(C)c1cc(C(O)(c2ccc3ncc(-c4ccccc4)c(Cl)c3c2)c2ncc[nH]2)ccn1. The Labute approximate surface area is 196 Å². The van der Waals surface area contributed by atoms with Crippen molar-refractivity contribution in [3.8, 4) is 11.1 Å². The van der Waals surface area contributed by atoms with Gasteiger partial charge in [-0.2, -0.15) is 0 Å². The first-order chi connectivity index (χ1) is 16.0. The van der Waals surface area contributed by atoms with Gasteiger partial charge < -0.3 is 15.0 Å². The fourth-order valence-electron chi connectivity index (χ4n) is 4.00. The molecule has 1 unspecified atom stereocenters. The molecule has 0 aliphatic carbocycles. The summed E-state index contributed by atoms with van der Waals surface area (Å²) < 4.78 is 0. The van der Waals surface area contributed by atoms with Gasteiger partial charge in [0, 0.05) is 55.4 Å². The lowest BCUT2D eigenvalue weighted by Gasteiger charge is -2.28. The molecule has 0 spiro atoms. The number of nitrogens with one attached hydrogen (secondary N) is 1. The van der Waals surface area contributed by atoms with Gasteiger partial charge in [-0.15, -0.1) is 0 Å². The molecule has 0 saturated heterocycles. The van der Waals surface area contributed by atoms with Crippen LogP contribution in [0.1, 0.15) is 17.0 Å². The Morgan fingerprint density at radius 1 is 0.909 bits per heavy atom. The van der Waals surface area contributed by atoms with Crippen LogP contribution in [0.15, 0.2) is 85.5 Å². The molecule has 0 amide bonds. The highest BCUT2D eigenvalue weighted by atomic mass is 35.5. The van der Waals surface area contributed by atoms with Crippen molar-refractivity contribution in [2.45, 2.75) is 5.60 Å². The second-order valence-corrected chi connectivity index (χ2v) is 8.41. The standard InChI is InChI=1S/C26H22ClN5O/c1-32(2)23-15-19(10-11-28-23)26(33,25-29-12-13-30-25)18-8-9-22-20(14-18)24(27)21(16-31-22)17-6-4-3-5-7-17/h3-16,33H,1-2H3,(H,29,30). The van der Waals surface area contributed by atoms with Crippen LogP contribution in [-0.2, 0) is 5.60 Å². The normalized spacial score (nSPS) is 13.1. The van der Waals surface area contributed by atoms with Crippen molar-refractivity contribution in [2.24, 2.45) is 0 Å². The molecule has 0 aliphatic rings. The second-order valence-electron chi connectivity index (χ2n) is 8.03. The fourth-order valence-corrected chi connectivity index (χ4v) is 4.30. The van der Waals surface area contributed by atoms with Gasteiger partial charge in [0.1, 0.15) is 11.6 Å². The van der Waals surface area contributed by atoms with E-state index in [1.54, 1.807) is 30.9 Å². The van der Waals surface area contributed by atoms with E-state index in [9.17, 15) is 5.11 Å². The van der Waals surface area contributed by atoms with E-state index < -0.39 is 5.60 Å². The monoisotopic (exact) mass is 455 g/mol. The average Bonchev–Trinajstić information content (AvgIpc) is 3.40. The number of pyridine rings is 2. The smallest absolute Gasteiger partial charge is 0.173 e. The lowest BCUT2D eigenvalue weighted by molar-refractivity contribution is 0.116. The molecule has 5 aromatic rings. The van der Waals surface area contributed by atoms with Gasteiger partial charge in [-0.1, -0.05) is 48.0 Å². The Balaban J connectivity index is 1.74. The largest absolute Gasteiger partial charge is 0.373 e. The van der Waals surface area contributed by atoms with Crippen LogP contribution in [-0.4, -0.2) is 39.1 Å². The molecule has 0 radical (unpaired) electrons. The van der Waals surface area contributed by atoms with E-state index in [2.05, 4.69) is 19.9 Å². The summed E-state index contributed by atoms with van der Waals surface area (Å²) in [5, 5.41) is 13.5. The summed E-state index contributed by atoms with van der Waals surface area (Å²) in [6, 6.07) is 19.1. The molecule has 7 heteroatoms. The maximum Gasteiger partial charge on any atom is 0.173 e. The number of aromatic nitrogens is 4. The number of benzene rings is 2. The van der Waals surface area contributed by atoms with Gasteiger partial charge >= 0.3 is 0 Å². The van der Waals surface area contributed by atoms with Crippen molar-refractivity contribution in [3.63, 3.8) is 0 Å².